The van der Waals surface area contributed by atoms with E-state index in [0.29, 0.717) is 13.0 Å². The molecule has 1 aliphatic rings. The van der Waals surface area contributed by atoms with E-state index < -0.39 is 0 Å². The second-order valence-electron chi connectivity index (χ2n) is 2.15. The number of amides is 1. The van der Waals surface area contributed by atoms with Crippen LogP contribution in [-0.4, -0.2) is 22.7 Å². The molecule has 1 heterocycles. The Kier molecular flexibility index (Phi) is 2.68. The second kappa shape index (κ2) is 3.34. The van der Waals surface area contributed by atoms with Crippen LogP contribution < -0.4 is 0 Å². The van der Waals surface area contributed by atoms with Crippen molar-refractivity contribution >= 4 is 22.1 Å². The van der Waals surface area contributed by atoms with E-state index >= 15 is 0 Å². The first-order valence-corrected chi connectivity index (χ1v) is 4.06. The summed E-state index contributed by atoms with van der Waals surface area (Å²) in [4.78, 5) is 10.9. The summed E-state index contributed by atoms with van der Waals surface area (Å²) < 4.78 is 6.73. The number of halogens is 1. The Hall–Kier alpha value is -0.0900. The molecular weight excluding hydrogens is 198 g/mol. The fraction of sp³-hybridized carbons (Fsp3) is 0.833. The number of hydrogen-bond donors (Lipinski definition) is 0. The average molecular weight is 208 g/mol. The highest BCUT2D eigenvalue weighted by atomic mass is 79.9. The SMILES string of the molecule is CCOC1CCC(=O)N1Br. The predicted molar refractivity (Wildman–Crippen MR) is 40.4 cm³/mol. The maximum Gasteiger partial charge on any atom is 0.234 e. The van der Waals surface area contributed by atoms with Gasteiger partial charge in [-0.1, -0.05) is 0 Å². The zero-order chi connectivity index (χ0) is 7.56. The van der Waals surface area contributed by atoms with Crippen LogP contribution in [0.1, 0.15) is 19.8 Å². The Morgan fingerprint density at radius 1 is 1.90 bits per heavy atom. The summed E-state index contributed by atoms with van der Waals surface area (Å²) in [6, 6.07) is 0. The highest BCUT2D eigenvalue weighted by molar-refractivity contribution is 9.07. The van der Waals surface area contributed by atoms with Gasteiger partial charge in [-0.2, -0.15) is 0 Å². The fourth-order valence-corrected chi connectivity index (χ4v) is 1.47. The minimum absolute atomic E-state index is 0.0440. The van der Waals surface area contributed by atoms with Crippen LogP contribution in [-0.2, 0) is 9.53 Å². The van der Waals surface area contributed by atoms with Crippen molar-refractivity contribution in [3.05, 3.63) is 0 Å². The van der Waals surface area contributed by atoms with Crippen LogP contribution in [0.4, 0.5) is 0 Å². The highest BCUT2D eigenvalue weighted by Gasteiger charge is 2.29. The monoisotopic (exact) mass is 207 g/mol. The minimum atomic E-state index is -0.0440. The van der Waals surface area contributed by atoms with Crippen molar-refractivity contribution < 1.29 is 9.53 Å². The summed E-state index contributed by atoms with van der Waals surface area (Å²) >= 11 is 3.13. The molecule has 0 aromatic heterocycles. The lowest BCUT2D eigenvalue weighted by atomic mass is 10.3. The van der Waals surface area contributed by atoms with Gasteiger partial charge in [0.2, 0.25) is 5.91 Å². The molecule has 58 valence electrons. The largest absolute Gasteiger partial charge is 0.358 e. The smallest absolute Gasteiger partial charge is 0.234 e. The molecule has 4 heteroatoms. The third kappa shape index (κ3) is 1.49. The molecule has 0 aromatic carbocycles. The molecule has 1 atom stereocenters. The predicted octanol–water partition coefficient (Wildman–Crippen LogP) is 1.28. The van der Waals surface area contributed by atoms with E-state index in [1.807, 2.05) is 6.92 Å². The van der Waals surface area contributed by atoms with E-state index in [1.165, 1.54) is 3.93 Å². The number of hydrogen-bond acceptors (Lipinski definition) is 2. The van der Waals surface area contributed by atoms with Crippen molar-refractivity contribution in [1.82, 2.24) is 3.93 Å². The topological polar surface area (TPSA) is 29.5 Å². The molecule has 3 nitrogen and oxygen atoms in total. The number of carbonyl (C=O) groups is 1. The summed E-state index contributed by atoms with van der Waals surface area (Å²) in [5, 5.41) is 0. The van der Waals surface area contributed by atoms with Gasteiger partial charge in [0.1, 0.15) is 6.23 Å². The van der Waals surface area contributed by atoms with Gasteiger partial charge in [0.25, 0.3) is 0 Å². The maximum absolute atomic E-state index is 10.9. The van der Waals surface area contributed by atoms with Gasteiger partial charge in [0.15, 0.2) is 0 Å². The highest BCUT2D eigenvalue weighted by Crippen LogP contribution is 2.22. The zero-order valence-electron chi connectivity index (χ0n) is 5.84. The van der Waals surface area contributed by atoms with Gasteiger partial charge >= 0.3 is 0 Å². The van der Waals surface area contributed by atoms with Crippen LogP contribution in [0, 0.1) is 0 Å². The fourth-order valence-electron chi connectivity index (χ4n) is 0.969. The Labute approximate surface area is 68.7 Å². The van der Waals surface area contributed by atoms with Crippen molar-refractivity contribution in [3.8, 4) is 0 Å². The lowest BCUT2D eigenvalue weighted by Crippen LogP contribution is -2.25. The molecule has 0 N–H and O–H groups in total. The second-order valence-corrected chi connectivity index (χ2v) is 2.92. The first kappa shape index (κ1) is 8.01. The molecule has 1 unspecified atom stereocenters. The maximum atomic E-state index is 10.9. The molecular formula is C6H10BrNO2. The van der Waals surface area contributed by atoms with Crippen LogP contribution in [0.25, 0.3) is 0 Å². The molecule has 0 spiro atoms. The molecule has 1 fully saturated rings. The van der Waals surface area contributed by atoms with Crippen LogP contribution in [0.2, 0.25) is 0 Å². The minimum Gasteiger partial charge on any atom is -0.358 e. The van der Waals surface area contributed by atoms with E-state index in [0.717, 1.165) is 6.42 Å². The average Bonchev–Trinajstić information content (AvgIpc) is 2.20. The first-order valence-electron chi connectivity index (χ1n) is 3.35. The van der Waals surface area contributed by atoms with E-state index in [1.54, 1.807) is 0 Å². The number of ether oxygens (including phenoxy) is 1. The van der Waals surface area contributed by atoms with Crippen LogP contribution >= 0.6 is 16.1 Å². The lowest BCUT2D eigenvalue weighted by molar-refractivity contribution is -0.127. The molecule has 0 saturated carbocycles. The van der Waals surface area contributed by atoms with Gasteiger partial charge in [-0.3, -0.25) is 8.72 Å². The standard InChI is InChI=1S/C6H10BrNO2/c1-2-10-6-4-3-5(9)8(6)7/h6H,2-4H2,1H3. The third-order valence-electron chi connectivity index (χ3n) is 1.46. The molecule has 0 aliphatic carbocycles. The number of carbonyl (C=O) groups excluding carboxylic acids is 1. The van der Waals surface area contributed by atoms with Gasteiger partial charge in [-0.25, -0.2) is 0 Å². The number of nitrogens with zero attached hydrogens (tertiary/aromatic N) is 1. The molecule has 0 bridgehead atoms. The molecule has 0 radical (unpaired) electrons. The van der Waals surface area contributed by atoms with E-state index in [9.17, 15) is 4.79 Å². The number of rotatable bonds is 2. The lowest BCUT2D eigenvalue weighted by Gasteiger charge is -2.16. The Balaban J connectivity index is 2.41. The Bertz CT molecular complexity index is 140. The molecule has 10 heavy (non-hydrogen) atoms. The van der Waals surface area contributed by atoms with Crippen molar-refractivity contribution in [2.24, 2.45) is 0 Å². The van der Waals surface area contributed by atoms with Crippen LogP contribution in [0.3, 0.4) is 0 Å². The summed E-state index contributed by atoms with van der Waals surface area (Å²) in [6.45, 7) is 2.57. The molecule has 0 aromatic rings. The van der Waals surface area contributed by atoms with Crippen LogP contribution in [0.15, 0.2) is 0 Å². The van der Waals surface area contributed by atoms with Crippen molar-refractivity contribution in [3.63, 3.8) is 0 Å². The van der Waals surface area contributed by atoms with E-state index in [2.05, 4.69) is 16.1 Å². The van der Waals surface area contributed by atoms with Gasteiger partial charge in [-0.15, -0.1) is 0 Å². The zero-order valence-corrected chi connectivity index (χ0v) is 7.43. The summed E-state index contributed by atoms with van der Waals surface area (Å²) in [7, 11) is 0. The Morgan fingerprint density at radius 2 is 2.60 bits per heavy atom. The van der Waals surface area contributed by atoms with E-state index in [4.69, 9.17) is 4.74 Å². The third-order valence-corrected chi connectivity index (χ3v) is 2.31. The normalized spacial score (nSPS) is 26.0. The van der Waals surface area contributed by atoms with E-state index in [-0.39, 0.29) is 12.1 Å². The first-order chi connectivity index (χ1) is 4.75. The summed E-state index contributed by atoms with van der Waals surface area (Å²) in [5.41, 5.74) is 0. The molecule has 1 aliphatic heterocycles. The van der Waals surface area contributed by atoms with Crippen molar-refractivity contribution in [2.75, 3.05) is 6.61 Å². The van der Waals surface area contributed by atoms with Gasteiger partial charge < -0.3 is 4.74 Å². The Morgan fingerprint density at radius 3 is 3.00 bits per heavy atom. The molecule has 1 rings (SSSR count). The van der Waals surface area contributed by atoms with Gasteiger partial charge in [0, 0.05) is 19.4 Å². The summed E-state index contributed by atoms with van der Waals surface area (Å²) in [6.07, 6.45) is 1.35. The van der Waals surface area contributed by atoms with Crippen molar-refractivity contribution in [2.45, 2.75) is 26.0 Å². The van der Waals surface area contributed by atoms with Gasteiger partial charge in [-0.05, 0) is 6.92 Å². The summed E-state index contributed by atoms with van der Waals surface area (Å²) in [5.74, 6) is 0.110. The van der Waals surface area contributed by atoms with Gasteiger partial charge in [0.05, 0.1) is 16.1 Å². The van der Waals surface area contributed by atoms with Crippen molar-refractivity contribution in [1.29, 1.82) is 0 Å². The van der Waals surface area contributed by atoms with Crippen LogP contribution in [0.5, 0.6) is 0 Å². The molecule has 1 amide bonds. The quantitative estimate of drug-likeness (QED) is 0.639. The molecule has 1 saturated heterocycles.